The summed E-state index contributed by atoms with van der Waals surface area (Å²) in [6.45, 7) is 5.55. The van der Waals surface area contributed by atoms with Gasteiger partial charge in [-0.3, -0.25) is 9.59 Å². The molecule has 0 aliphatic heterocycles. The van der Waals surface area contributed by atoms with E-state index in [-0.39, 0.29) is 11.5 Å². The Morgan fingerprint density at radius 1 is 1.35 bits per heavy atom. The Kier molecular flexibility index (Phi) is 5.41. The number of carbonyl (C=O) groups is 1. The van der Waals surface area contributed by atoms with Crippen molar-refractivity contribution in [3.63, 3.8) is 0 Å². The number of H-pyrrole nitrogens is 1. The van der Waals surface area contributed by atoms with Gasteiger partial charge in [-0.15, -0.1) is 11.3 Å². The third-order valence-electron chi connectivity index (χ3n) is 3.70. The van der Waals surface area contributed by atoms with Crippen LogP contribution in [0.2, 0.25) is 5.02 Å². The number of ether oxygens (including phenoxy) is 1. The lowest BCUT2D eigenvalue weighted by atomic mass is 10.1. The van der Waals surface area contributed by atoms with Gasteiger partial charge in [0.1, 0.15) is 9.58 Å². The lowest BCUT2D eigenvalue weighted by molar-refractivity contribution is -0.145. The molecule has 1 N–H and O–H groups in total. The van der Waals surface area contributed by atoms with Gasteiger partial charge < -0.3 is 9.72 Å². The zero-order chi connectivity index (χ0) is 18.9. The van der Waals surface area contributed by atoms with E-state index in [4.69, 9.17) is 16.3 Å². The highest BCUT2D eigenvalue weighted by molar-refractivity contribution is 8.01. The van der Waals surface area contributed by atoms with Gasteiger partial charge in [0.15, 0.2) is 5.16 Å². The van der Waals surface area contributed by atoms with Crippen molar-refractivity contribution in [3.05, 3.63) is 45.0 Å². The Morgan fingerprint density at radius 3 is 2.69 bits per heavy atom. The number of hydrogen-bond donors (Lipinski definition) is 1. The molecule has 3 aromatic rings. The van der Waals surface area contributed by atoms with Gasteiger partial charge in [0.2, 0.25) is 0 Å². The van der Waals surface area contributed by atoms with Crippen molar-refractivity contribution in [1.82, 2.24) is 9.97 Å². The molecule has 0 saturated heterocycles. The van der Waals surface area contributed by atoms with Crippen LogP contribution in [-0.4, -0.2) is 27.3 Å². The number of halogens is 1. The Bertz CT molecular complexity index is 1010. The number of aromatic amines is 1. The molecule has 0 saturated carbocycles. The normalized spacial score (nSPS) is 11.7. The molecule has 1 aromatic carbocycles. The number of rotatable bonds is 5. The van der Waals surface area contributed by atoms with Crippen molar-refractivity contribution in [2.45, 2.75) is 30.7 Å². The van der Waals surface area contributed by atoms with Crippen LogP contribution in [0.5, 0.6) is 0 Å². The van der Waals surface area contributed by atoms with Crippen molar-refractivity contribution in [1.29, 1.82) is 0 Å². The first kappa shape index (κ1) is 18.9. The summed E-state index contributed by atoms with van der Waals surface area (Å²) in [6, 6.07) is 7.31. The number of nitrogens with zero attached hydrogens (tertiary/aromatic N) is 1. The summed E-state index contributed by atoms with van der Waals surface area (Å²) < 4.78 is 4.23. The van der Waals surface area contributed by atoms with Gasteiger partial charge in [-0.25, -0.2) is 4.98 Å². The van der Waals surface area contributed by atoms with Crippen LogP contribution in [0.15, 0.2) is 39.6 Å². The van der Waals surface area contributed by atoms with Crippen LogP contribution in [0.3, 0.4) is 0 Å². The van der Waals surface area contributed by atoms with Crippen LogP contribution in [0.1, 0.15) is 20.8 Å². The van der Waals surface area contributed by atoms with Crippen LogP contribution in [-0.2, 0) is 9.53 Å². The average molecular weight is 409 g/mol. The molecule has 3 rings (SSSR count). The number of aromatic nitrogens is 2. The largest absolute Gasteiger partial charge is 0.465 e. The molecule has 0 fully saturated rings. The maximum atomic E-state index is 12.7. The van der Waals surface area contributed by atoms with Gasteiger partial charge >= 0.3 is 5.97 Å². The molecular formula is C18H17ClN2O3S2. The summed E-state index contributed by atoms with van der Waals surface area (Å²) in [5.41, 5.74) is 1.49. The molecule has 0 spiro atoms. The minimum Gasteiger partial charge on any atom is -0.465 e. The molecule has 0 aliphatic rings. The van der Waals surface area contributed by atoms with E-state index in [1.807, 2.05) is 17.5 Å². The number of nitrogens with one attached hydrogen (secondary N) is 1. The van der Waals surface area contributed by atoms with Crippen LogP contribution in [0.25, 0.3) is 21.3 Å². The summed E-state index contributed by atoms with van der Waals surface area (Å²) in [4.78, 5) is 32.6. The van der Waals surface area contributed by atoms with E-state index < -0.39 is 4.75 Å². The van der Waals surface area contributed by atoms with Crippen LogP contribution in [0.4, 0.5) is 0 Å². The number of carbonyl (C=O) groups excluding carboxylic acids is 1. The number of fused-ring (bicyclic) bond motifs is 1. The second kappa shape index (κ2) is 7.42. The standard InChI is InChI=1S/C18H17ClN2O3S2/c1-4-24-16(23)18(2,3)26-17-20-14(22)13-12(9-25-15(13)21-17)10-5-7-11(19)8-6-10/h5-9H,4H2,1-3H3,(H,20,21,22). The molecule has 5 nitrogen and oxygen atoms in total. The maximum absolute atomic E-state index is 12.7. The van der Waals surface area contributed by atoms with Crippen molar-refractivity contribution in [2.24, 2.45) is 0 Å². The Balaban J connectivity index is 1.99. The molecule has 2 heterocycles. The Labute approximate surface area is 163 Å². The third-order valence-corrected chi connectivity index (χ3v) is 5.88. The number of esters is 1. The van der Waals surface area contributed by atoms with E-state index in [1.165, 1.54) is 23.1 Å². The summed E-state index contributed by atoms with van der Waals surface area (Å²) in [6.07, 6.45) is 0. The van der Waals surface area contributed by atoms with E-state index in [9.17, 15) is 9.59 Å². The number of benzene rings is 1. The van der Waals surface area contributed by atoms with Gasteiger partial charge in [0, 0.05) is 16.0 Å². The van der Waals surface area contributed by atoms with Crippen LogP contribution >= 0.6 is 34.7 Å². The third kappa shape index (κ3) is 3.79. The van der Waals surface area contributed by atoms with Gasteiger partial charge in [0.05, 0.1) is 12.0 Å². The molecule has 0 radical (unpaired) electrons. The fraction of sp³-hybridized carbons (Fsp3) is 0.278. The van der Waals surface area contributed by atoms with Crippen LogP contribution < -0.4 is 5.56 Å². The Hall–Kier alpha value is -1.83. The molecule has 8 heteroatoms. The molecule has 0 amide bonds. The molecule has 26 heavy (non-hydrogen) atoms. The fourth-order valence-electron chi connectivity index (χ4n) is 2.41. The number of thiophene rings is 1. The SMILES string of the molecule is CCOC(=O)C(C)(C)Sc1nc2scc(-c3ccc(Cl)cc3)c2c(=O)[nH]1. The maximum Gasteiger partial charge on any atom is 0.322 e. The van der Waals surface area contributed by atoms with Crippen molar-refractivity contribution in [2.75, 3.05) is 6.61 Å². The van der Waals surface area contributed by atoms with Gasteiger partial charge in [0.25, 0.3) is 5.56 Å². The molecule has 136 valence electrons. The fourth-order valence-corrected chi connectivity index (χ4v) is 4.45. The topological polar surface area (TPSA) is 72.0 Å². The zero-order valence-electron chi connectivity index (χ0n) is 14.5. The van der Waals surface area contributed by atoms with Crippen molar-refractivity contribution >= 4 is 50.9 Å². The minimum absolute atomic E-state index is 0.233. The lowest BCUT2D eigenvalue weighted by Gasteiger charge is -2.20. The summed E-state index contributed by atoms with van der Waals surface area (Å²) in [5, 5.41) is 3.47. The smallest absolute Gasteiger partial charge is 0.322 e. The van der Waals surface area contributed by atoms with E-state index in [0.717, 1.165) is 11.1 Å². The molecule has 2 aromatic heterocycles. The molecular weight excluding hydrogens is 392 g/mol. The Morgan fingerprint density at radius 2 is 2.04 bits per heavy atom. The highest BCUT2D eigenvalue weighted by atomic mass is 35.5. The number of thioether (sulfide) groups is 1. The first-order valence-corrected chi connectivity index (χ1v) is 10.0. The minimum atomic E-state index is -0.851. The monoisotopic (exact) mass is 408 g/mol. The predicted octanol–water partition coefficient (Wildman–Crippen LogP) is 4.74. The van der Waals surface area contributed by atoms with E-state index in [1.54, 1.807) is 32.9 Å². The molecule has 0 unspecified atom stereocenters. The second-order valence-corrected chi connectivity index (χ2v) is 8.95. The predicted molar refractivity (Wildman–Crippen MR) is 107 cm³/mol. The van der Waals surface area contributed by atoms with Gasteiger partial charge in [-0.1, -0.05) is 35.5 Å². The zero-order valence-corrected chi connectivity index (χ0v) is 16.8. The highest BCUT2D eigenvalue weighted by Gasteiger charge is 2.32. The van der Waals surface area contributed by atoms with Crippen molar-refractivity contribution < 1.29 is 9.53 Å². The first-order chi connectivity index (χ1) is 12.3. The van der Waals surface area contributed by atoms with Gasteiger partial charge in [-0.2, -0.15) is 0 Å². The van der Waals surface area contributed by atoms with E-state index in [0.29, 0.717) is 27.0 Å². The van der Waals surface area contributed by atoms with Gasteiger partial charge in [-0.05, 0) is 38.5 Å². The van der Waals surface area contributed by atoms with Crippen LogP contribution in [0, 0.1) is 0 Å². The highest BCUT2D eigenvalue weighted by Crippen LogP contribution is 2.35. The molecule has 0 atom stereocenters. The number of hydrogen-bond acceptors (Lipinski definition) is 6. The average Bonchev–Trinajstić information content (AvgIpc) is 3.00. The summed E-state index contributed by atoms with van der Waals surface area (Å²) in [7, 11) is 0. The summed E-state index contributed by atoms with van der Waals surface area (Å²) >= 11 is 8.50. The molecule has 0 aliphatic carbocycles. The lowest BCUT2D eigenvalue weighted by Crippen LogP contribution is -2.30. The quantitative estimate of drug-likeness (QED) is 0.375. The summed E-state index contributed by atoms with van der Waals surface area (Å²) in [5.74, 6) is -0.347. The van der Waals surface area contributed by atoms with E-state index in [2.05, 4.69) is 9.97 Å². The van der Waals surface area contributed by atoms with Crippen molar-refractivity contribution in [3.8, 4) is 11.1 Å². The molecule has 0 bridgehead atoms. The first-order valence-electron chi connectivity index (χ1n) is 7.95. The van der Waals surface area contributed by atoms with E-state index >= 15 is 0 Å². The second-order valence-electron chi connectivity index (χ2n) is 6.04.